The molecule has 0 aliphatic carbocycles. The molecule has 0 amide bonds. The van der Waals surface area contributed by atoms with Crippen LogP contribution in [-0.2, 0) is 11.5 Å². The first kappa shape index (κ1) is 11.6. The third-order valence-electron chi connectivity index (χ3n) is 2.19. The van der Waals surface area contributed by atoms with Gasteiger partial charge < -0.3 is 10.2 Å². The molecule has 2 aromatic rings. The average molecular weight is 298 g/mol. The van der Waals surface area contributed by atoms with Crippen LogP contribution in [0, 0.1) is 0 Å². The first-order chi connectivity index (χ1) is 7.75. The molecular weight excluding hydrogens is 286 g/mol. The zero-order valence-corrected chi connectivity index (χ0v) is 11.1. The van der Waals surface area contributed by atoms with E-state index >= 15 is 0 Å². The molecule has 0 aliphatic heterocycles. The zero-order chi connectivity index (χ0) is 11.4. The maximum absolute atomic E-state index is 5.91. The van der Waals surface area contributed by atoms with E-state index in [1.807, 2.05) is 24.3 Å². The molecule has 0 radical (unpaired) electrons. The Kier molecular flexibility index (Phi) is 3.96. The van der Waals surface area contributed by atoms with Gasteiger partial charge >= 0.3 is 0 Å². The summed E-state index contributed by atoms with van der Waals surface area (Å²) in [5, 5.41) is 0. The topological polar surface area (TPSA) is 39.2 Å². The number of hydrogen-bond donors (Lipinski definition) is 1. The number of anilines is 1. The summed E-state index contributed by atoms with van der Waals surface area (Å²) < 4.78 is 6.28. The first-order valence-electron chi connectivity index (χ1n) is 4.90. The van der Waals surface area contributed by atoms with Gasteiger partial charge in [-0.1, -0.05) is 22.0 Å². The van der Waals surface area contributed by atoms with Crippen LogP contribution in [0.4, 0.5) is 5.69 Å². The van der Waals surface area contributed by atoms with Crippen LogP contribution in [0.15, 0.2) is 45.5 Å². The average Bonchev–Trinajstić information content (AvgIpc) is 2.74. The Morgan fingerprint density at radius 2 is 2.12 bits per heavy atom. The van der Waals surface area contributed by atoms with Crippen LogP contribution in [0.5, 0.6) is 0 Å². The van der Waals surface area contributed by atoms with Gasteiger partial charge in [0.25, 0.3) is 0 Å². The molecule has 1 heterocycles. The highest BCUT2D eigenvalue weighted by molar-refractivity contribution is 9.10. The number of benzene rings is 1. The summed E-state index contributed by atoms with van der Waals surface area (Å²) in [5.74, 6) is 2.78. The molecule has 2 nitrogen and oxygen atoms in total. The number of rotatable bonds is 4. The third kappa shape index (κ3) is 3.06. The summed E-state index contributed by atoms with van der Waals surface area (Å²) >= 11 is 5.19. The molecule has 16 heavy (non-hydrogen) atoms. The van der Waals surface area contributed by atoms with E-state index in [1.165, 1.54) is 5.56 Å². The normalized spacial score (nSPS) is 10.6. The van der Waals surface area contributed by atoms with Gasteiger partial charge in [-0.2, -0.15) is 0 Å². The van der Waals surface area contributed by atoms with Gasteiger partial charge in [-0.05, 0) is 29.8 Å². The summed E-state index contributed by atoms with van der Waals surface area (Å²) in [5.41, 5.74) is 7.92. The van der Waals surface area contributed by atoms with E-state index in [0.717, 1.165) is 27.4 Å². The standard InChI is InChI=1S/C12H12BrNOS/c13-10-4-3-9(12(14)6-10)7-16-8-11-2-1-5-15-11/h1-6H,7-8,14H2. The van der Waals surface area contributed by atoms with E-state index in [1.54, 1.807) is 18.0 Å². The monoisotopic (exact) mass is 297 g/mol. The molecule has 0 saturated carbocycles. The molecular formula is C12H12BrNOS. The molecule has 0 spiro atoms. The number of nitrogens with two attached hydrogens (primary N) is 1. The van der Waals surface area contributed by atoms with Crippen molar-refractivity contribution in [3.8, 4) is 0 Å². The third-order valence-corrected chi connectivity index (χ3v) is 3.69. The van der Waals surface area contributed by atoms with Crippen LogP contribution in [0.1, 0.15) is 11.3 Å². The second kappa shape index (κ2) is 5.46. The van der Waals surface area contributed by atoms with Gasteiger partial charge in [-0.3, -0.25) is 0 Å². The largest absolute Gasteiger partial charge is 0.468 e. The van der Waals surface area contributed by atoms with Gasteiger partial charge in [-0.25, -0.2) is 0 Å². The Balaban J connectivity index is 1.90. The lowest BCUT2D eigenvalue weighted by Crippen LogP contribution is -1.92. The van der Waals surface area contributed by atoms with Crippen molar-refractivity contribution >= 4 is 33.4 Å². The molecule has 0 aliphatic rings. The van der Waals surface area contributed by atoms with E-state index in [-0.39, 0.29) is 0 Å². The number of nitrogen functional groups attached to an aromatic ring is 1. The van der Waals surface area contributed by atoms with E-state index < -0.39 is 0 Å². The van der Waals surface area contributed by atoms with Gasteiger partial charge in [0.1, 0.15) is 5.76 Å². The molecule has 0 saturated heterocycles. The van der Waals surface area contributed by atoms with Gasteiger partial charge in [0, 0.05) is 15.9 Å². The molecule has 1 aromatic heterocycles. The molecule has 0 unspecified atom stereocenters. The Morgan fingerprint density at radius 1 is 1.25 bits per heavy atom. The first-order valence-corrected chi connectivity index (χ1v) is 6.84. The minimum absolute atomic E-state index is 0.835. The van der Waals surface area contributed by atoms with Crippen molar-refractivity contribution in [2.24, 2.45) is 0 Å². The van der Waals surface area contributed by atoms with Crippen molar-refractivity contribution in [2.45, 2.75) is 11.5 Å². The predicted octanol–water partition coefficient (Wildman–Crippen LogP) is 4.06. The second-order valence-corrected chi connectivity index (χ2v) is 5.32. The van der Waals surface area contributed by atoms with Crippen LogP contribution in [0.25, 0.3) is 0 Å². The SMILES string of the molecule is Nc1cc(Br)ccc1CSCc1ccco1. The number of halogens is 1. The molecule has 2 N–H and O–H groups in total. The summed E-state index contributed by atoms with van der Waals surface area (Å²) in [4.78, 5) is 0. The minimum atomic E-state index is 0.835. The molecule has 0 bridgehead atoms. The fourth-order valence-corrected chi connectivity index (χ4v) is 2.68. The van der Waals surface area contributed by atoms with Crippen molar-refractivity contribution in [3.05, 3.63) is 52.4 Å². The van der Waals surface area contributed by atoms with Crippen molar-refractivity contribution in [1.82, 2.24) is 0 Å². The molecule has 2 rings (SSSR count). The summed E-state index contributed by atoms with van der Waals surface area (Å²) in [6, 6.07) is 9.89. The Labute approximate surface area is 107 Å². The van der Waals surface area contributed by atoms with Crippen molar-refractivity contribution in [3.63, 3.8) is 0 Å². The smallest absolute Gasteiger partial charge is 0.113 e. The highest BCUT2D eigenvalue weighted by Crippen LogP contribution is 2.24. The van der Waals surface area contributed by atoms with E-state index in [2.05, 4.69) is 22.0 Å². The number of furan rings is 1. The van der Waals surface area contributed by atoms with Crippen molar-refractivity contribution < 1.29 is 4.42 Å². The molecule has 1 aromatic carbocycles. The van der Waals surface area contributed by atoms with Crippen LogP contribution >= 0.6 is 27.7 Å². The highest BCUT2D eigenvalue weighted by Gasteiger charge is 2.01. The maximum atomic E-state index is 5.91. The molecule has 84 valence electrons. The highest BCUT2D eigenvalue weighted by atomic mass is 79.9. The number of thioether (sulfide) groups is 1. The molecule has 0 fully saturated rings. The summed E-state index contributed by atoms with van der Waals surface area (Å²) in [7, 11) is 0. The zero-order valence-electron chi connectivity index (χ0n) is 8.65. The lowest BCUT2D eigenvalue weighted by atomic mass is 10.2. The lowest BCUT2D eigenvalue weighted by molar-refractivity contribution is 0.530. The maximum Gasteiger partial charge on any atom is 0.113 e. The van der Waals surface area contributed by atoms with Crippen LogP contribution < -0.4 is 5.73 Å². The fraction of sp³-hybridized carbons (Fsp3) is 0.167. The minimum Gasteiger partial charge on any atom is -0.468 e. The van der Waals surface area contributed by atoms with Gasteiger partial charge in [0.15, 0.2) is 0 Å². The van der Waals surface area contributed by atoms with E-state index in [9.17, 15) is 0 Å². The van der Waals surface area contributed by atoms with Crippen LogP contribution in [0.2, 0.25) is 0 Å². The fourth-order valence-electron chi connectivity index (χ4n) is 1.35. The number of hydrogen-bond acceptors (Lipinski definition) is 3. The van der Waals surface area contributed by atoms with Crippen LogP contribution in [0.3, 0.4) is 0 Å². The van der Waals surface area contributed by atoms with E-state index in [0.29, 0.717) is 0 Å². The summed E-state index contributed by atoms with van der Waals surface area (Å²) in [6.07, 6.45) is 1.70. The lowest BCUT2D eigenvalue weighted by Gasteiger charge is -2.05. The predicted molar refractivity (Wildman–Crippen MR) is 72.3 cm³/mol. The molecule has 4 heteroatoms. The quantitative estimate of drug-likeness (QED) is 0.865. The van der Waals surface area contributed by atoms with Crippen molar-refractivity contribution in [1.29, 1.82) is 0 Å². The second-order valence-electron chi connectivity index (χ2n) is 3.42. The molecule has 0 atom stereocenters. The van der Waals surface area contributed by atoms with Crippen LogP contribution in [-0.4, -0.2) is 0 Å². The van der Waals surface area contributed by atoms with E-state index in [4.69, 9.17) is 10.2 Å². The van der Waals surface area contributed by atoms with Gasteiger partial charge in [-0.15, -0.1) is 11.8 Å². The van der Waals surface area contributed by atoms with Crippen molar-refractivity contribution in [2.75, 3.05) is 5.73 Å². The Hall–Kier alpha value is -0.870. The Bertz CT molecular complexity index is 456. The summed E-state index contributed by atoms with van der Waals surface area (Å²) in [6.45, 7) is 0. The van der Waals surface area contributed by atoms with Gasteiger partial charge in [0.05, 0.1) is 12.0 Å². The Morgan fingerprint density at radius 3 is 2.81 bits per heavy atom. The van der Waals surface area contributed by atoms with Gasteiger partial charge in [0.2, 0.25) is 0 Å².